The molecule has 1 aliphatic rings. The molecule has 0 bridgehead atoms. The van der Waals surface area contributed by atoms with E-state index in [0.29, 0.717) is 23.2 Å². The molecule has 3 rings (SSSR count). The van der Waals surface area contributed by atoms with Crippen LogP contribution in [0.2, 0.25) is 5.02 Å². The maximum atomic E-state index is 11.7. The van der Waals surface area contributed by atoms with Crippen molar-refractivity contribution in [2.24, 2.45) is 0 Å². The van der Waals surface area contributed by atoms with E-state index in [0.717, 1.165) is 16.9 Å². The number of aryl methyl sites for hydroxylation is 2. The van der Waals surface area contributed by atoms with Gasteiger partial charge in [0.15, 0.2) is 9.84 Å². The molecule has 1 N–H and O–H groups in total. The zero-order chi connectivity index (χ0) is 18.2. The van der Waals surface area contributed by atoms with Crippen LogP contribution in [0.3, 0.4) is 0 Å². The van der Waals surface area contributed by atoms with Crippen molar-refractivity contribution in [3.8, 4) is 0 Å². The summed E-state index contributed by atoms with van der Waals surface area (Å²) in [5, 5.41) is 3.84. The molecule has 1 saturated heterocycles. The summed E-state index contributed by atoms with van der Waals surface area (Å²) in [5.41, 5.74) is 2.61. The number of rotatable bonds is 4. The predicted octanol–water partition coefficient (Wildman–Crippen LogP) is 3.11. The zero-order valence-corrected chi connectivity index (χ0v) is 16.0. The van der Waals surface area contributed by atoms with Gasteiger partial charge in [0.2, 0.25) is 5.95 Å². The SMILES string of the molecule is Cc1cc(N(C)C2CCS(=O)(=O)C2)nc(Nc2ccc(C)c(Cl)c2)n1. The second kappa shape index (κ2) is 6.80. The molecule has 2 heterocycles. The molecule has 0 amide bonds. The monoisotopic (exact) mass is 380 g/mol. The maximum absolute atomic E-state index is 11.7. The van der Waals surface area contributed by atoms with Crippen LogP contribution < -0.4 is 10.2 Å². The molecule has 0 saturated carbocycles. The number of halogens is 1. The normalized spacial score (nSPS) is 19.0. The van der Waals surface area contributed by atoms with Crippen molar-refractivity contribution in [3.63, 3.8) is 0 Å². The fraction of sp³-hybridized carbons (Fsp3) is 0.412. The number of anilines is 3. The fourth-order valence-electron chi connectivity index (χ4n) is 2.86. The van der Waals surface area contributed by atoms with Crippen molar-refractivity contribution in [2.75, 3.05) is 28.8 Å². The number of sulfone groups is 1. The number of hydrogen-bond acceptors (Lipinski definition) is 6. The number of aromatic nitrogens is 2. The smallest absolute Gasteiger partial charge is 0.229 e. The Labute approximate surface area is 153 Å². The van der Waals surface area contributed by atoms with Crippen molar-refractivity contribution < 1.29 is 8.42 Å². The third kappa shape index (κ3) is 4.22. The van der Waals surface area contributed by atoms with Gasteiger partial charge in [-0.25, -0.2) is 13.4 Å². The molecule has 8 heteroatoms. The lowest BCUT2D eigenvalue weighted by atomic mass is 10.2. The van der Waals surface area contributed by atoms with Crippen molar-refractivity contribution >= 4 is 38.9 Å². The van der Waals surface area contributed by atoms with Crippen molar-refractivity contribution in [3.05, 3.63) is 40.5 Å². The van der Waals surface area contributed by atoms with Gasteiger partial charge in [0.05, 0.1) is 11.5 Å². The Kier molecular flexibility index (Phi) is 4.88. The van der Waals surface area contributed by atoms with Crippen molar-refractivity contribution in [1.82, 2.24) is 9.97 Å². The molecule has 0 aliphatic carbocycles. The first-order valence-electron chi connectivity index (χ1n) is 8.05. The molecule has 1 fully saturated rings. The number of hydrogen-bond donors (Lipinski definition) is 1. The van der Waals surface area contributed by atoms with Crippen LogP contribution in [0.15, 0.2) is 24.3 Å². The summed E-state index contributed by atoms with van der Waals surface area (Å²) in [6.07, 6.45) is 0.623. The Morgan fingerprint density at radius 3 is 2.64 bits per heavy atom. The van der Waals surface area contributed by atoms with Crippen LogP contribution in [0.5, 0.6) is 0 Å². The van der Waals surface area contributed by atoms with Crippen LogP contribution in [0.4, 0.5) is 17.5 Å². The highest BCUT2D eigenvalue weighted by Crippen LogP contribution is 2.25. The summed E-state index contributed by atoms with van der Waals surface area (Å²) in [6, 6.07) is 7.48. The third-order valence-electron chi connectivity index (χ3n) is 4.39. The second-order valence-corrected chi connectivity index (χ2v) is 9.08. The lowest BCUT2D eigenvalue weighted by molar-refractivity contribution is 0.600. The Morgan fingerprint density at radius 1 is 1.24 bits per heavy atom. The minimum Gasteiger partial charge on any atom is -0.355 e. The first kappa shape index (κ1) is 17.9. The van der Waals surface area contributed by atoms with E-state index in [9.17, 15) is 8.42 Å². The largest absolute Gasteiger partial charge is 0.355 e. The quantitative estimate of drug-likeness (QED) is 0.878. The summed E-state index contributed by atoms with van der Waals surface area (Å²) in [7, 11) is -1.07. The molecule has 6 nitrogen and oxygen atoms in total. The highest BCUT2D eigenvalue weighted by molar-refractivity contribution is 7.91. The molecule has 1 aromatic heterocycles. The van der Waals surface area contributed by atoms with Gasteiger partial charge in [-0.15, -0.1) is 0 Å². The number of nitrogens with zero attached hydrogens (tertiary/aromatic N) is 3. The molecular weight excluding hydrogens is 360 g/mol. The van der Waals surface area contributed by atoms with E-state index in [1.54, 1.807) is 0 Å². The number of benzene rings is 1. The van der Waals surface area contributed by atoms with Gasteiger partial charge in [-0.1, -0.05) is 17.7 Å². The van der Waals surface area contributed by atoms with Gasteiger partial charge in [0.25, 0.3) is 0 Å². The molecule has 1 atom stereocenters. The van der Waals surface area contributed by atoms with Crippen LogP contribution in [0.25, 0.3) is 0 Å². The van der Waals surface area contributed by atoms with Crippen molar-refractivity contribution in [2.45, 2.75) is 26.3 Å². The molecule has 0 radical (unpaired) electrons. The van der Waals surface area contributed by atoms with Gasteiger partial charge < -0.3 is 10.2 Å². The Bertz CT molecular complexity index is 902. The zero-order valence-electron chi connectivity index (χ0n) is 14.5. The summed E-state index contributed by atoms with van der Waals surface area (Å²) in [5.74, 6) is 1.57. The highest BCUT2D eigenvalue weighted by atomic mass is 35.5. The van der Waals surface area contributed by atoms with Gasteiger partial charge in [-0.3, -0.25) is 0 Å². The highest BCUT2D eigenvalue weighted by Gasteiger charge is 2.31. The summed E-state index contributed by atoms with van der Waals surface area (Å²) < 4.78 is 23.5. The average Bonchev–Trinajstić information content (AvgIpc) is 2.90. The van der Waals surface area contributed by atoms with Gasteiger partial charge in [-0.05, 0) is 38.0 Å². The van der Waals surface area contributed by atoms with Gasteiger partial charge in [0, 0.05) is 35.6 Å². The molecule has 1 unspecified atom stereocenters. The standard InChI is InChI=1S/C17H21ClN4O2S/c1-11-4-5-13(9-15(11)18)20-17-19-12(2)8-16(21-17)22(3)14-6-7-25(23,24)10-14/h4-5,8-9,14H,6-7,10H2,1-3H3,(H,19,20,21). The van der Waals surface area contributed by atoms with Crippen LogP contribution in [-0.2, 0) is 9.84 Å². The van der Waals surface area contributed by atoms with E-state index >= 15 is 0 Å². The van der Waals surface area contributed by atoms with Crippen molar-refractivity contribution in [1.29, 1.82) is 0 Å². The molecule has 0 spiro atoms. The molecule has 1 aromatic carbocycles. The third-order valence-corrected chi connectivity index (χ3v) is 6.54. The Morgan fingerprint density at radius 2 is 2.00 bits per heavy atom. The molecular formula is C17H21ClN4O2S. The Hall–Kier alpha value is -1.86. The van der Waals surface area contributed by atoms with E-state index in [4.69, 9.17) is 11.6 Å². The fourth-order valence-corrected chi connectivity index (χ4v) is 4.81. The van der Waals surface area contributed by atoms with E-state index in [-0.39, 0.29) is 17.5 Å². The van der Waals surface area contributed by atoms with Gasteiger partial charge in [0.1, 0.15) is 5.82 Å². The topological polar surface area (TPSA) is 75.2 Å². The van der Waals surface area contributed by atoms with Crippen LogP contribution in [-0.4, -0.2) is 43.0 Å². The van der Waals surface area contributed by atoms with E-state index < -0.39 is 9.84 Å². The lowest BCUT2D eigenvalue weighted by Crippen LogP contribution is -2.33. The molecule has 1 aliphatic heterocycles. The Balaban J connectivity index is 1.84. The predicted molar refractivity (Wildman–Crippen MR) is 102 cm³/mol. The molecule has 134 valence electrons. The number of nitrogens with one attached hydrogen (secondary N) is 1. The summed E-state index contributed by atoms with van der Waals surface area (Å²) in [4.78, 5) is 10.9. The minimum absolute atomic E-state index is 0.0547. The minimum atomic E-state index is -2.94. The van der Waals surface area contributed by atoms with E-state index in [1.165, 1.54) is 0 Å². The molecule has 25 heavy (non-hydrogen) atoms. The first-order valence-corrected chi connectivity index (χ1v) is 10.3. The maximum Gasteiger partial charge on any atom is 0.229 e. The van der Waals surface area contributed by atoms with Gasteiger partial charge in [-0.2, -0.15) is 4.98 Å². The first-order chi connectivity index (χ1) is 11.7. The van der Waals surface area contributed by atoms with Crippen LogP contribution in [0.1, 0.15) is 17.7 Å². The van der Waals surface area contributed by atoms with E-state index in [1.807, 2.05) is 50.1 Å². The molecule has 2 aromatic rings. The lowest BCUT2D eigenvalue weighted by Gasteiger charge is -2.25. The second-order valence-electron chi connectivity index (χ2n) is 6.45. The average molecular weight is 381 g/mol. The van der Waals surface area contributed by atoms with E-state index in [2.05, 4.69) is 15.3 Å². The van der Waals surface area contributed by atoms with Crippen LogP contribution in [0, 0.1) is 13.8 Å². The van der Waals surface area contributed by atoms with Crippen LogP contribution >= 0.6 is 11.6 Å². The summed E-state index contributed by atoms with van der Waals surface area (Å²) >= 11 is 6.16. The van der Waals surface area contributed by atoms with Gasteiger partial charge >= 0.3 is 0 Å². The summed E-state index contributed by atoms with van der Waals surface area (Å²) in [6.45, 7) is 3.83.